The molecule has 5 heteroatoms. The molecule has 0 unspecified atom stereocenters. The van der Waals surface area contributed by atoms with Crippen LogP contribution in [0.2, 0.25) is 0 Å². The van der Waals surface area contributed by atoms with E-state index in [0.717, 1.165) is 16.7 Å². The molecule has 1 N–H and O–H groups in total. The van der Waals surface area contributed by atoms with Crippen LogP contribution in [0.3, 0.4) is 0 Å². The first kappa shape index (κ1) is 11.0. The Balaban J connectivity index is 2.03. The molecule has 0 fully saturated rings. The van der Waals surface area contributed by atoms with Gasteiger partial charge in [0.15, 0.2) is 0 Å². The van der Waals surface area contributed by atoms with Gasteiger partial charge in [0.05, 0.1) is 0 Å². The lowest BCUT2D eigenvalue weighted by Crippen LogP contribution is -1.83. The number of nitrogens with zero attached hydrogens (tertiary/aromatic N) is 2. The monoisotopic (exact) mass is 258 g/mol. The number of phenols is 1. The van der Waals surface area contributed by atoms with Gasteiger partial charge >= 0.3 is 0 Å². The Bertz CT molecular complexity index is 674. The Hall–Kier alpha value is -2.14. The number of phenolic OH excluding ortho intramolecular Hbond substituents is 1. The van der Waals surface area contributed by atoms with E-state index in [2.05, 4.69) is 10.1 Å². The minimum Gasteiger partial charge on any atom is -0.508 e. The minimum absolute atomic E-state index is 0.230. The molecule has 0 bridgehead atoms. The summed E-state index contributed by atoms with van der Waals surface area (Å²) in [5, 5.41) is 17.3. The van der Waals surface area contributed by atoms with E-state index in [1.54, 1.807) is 29.5 Å². The summed E-state index contributed by atoms with van der Waals surface area (Å²) in [5.74, 6) is 1.28. The molecule has 2 aromatic heterocycles. The lowest BCUT2D eigenvalue weighted by atomic mass is 10.1. The van der Waals surface area contributed by atoms with Gasteiger partial charge in [-0.3, -0.25) is 0 Å². The van der Waals surface area contributed by atoms with Crippen molar-refractivity contribution in [1.82, 2.24) is 10.1 Å². The Morgan fingerprint density at radius 1 is 1.28 bits per heavy atom. The van der Waals surface area contributed by atoms with Crippen molar-refractivity contribution in [3.05, 3.63) is 40.6 Å². The topological polar surface area (TPSA) is 59.2 Å². The number of hydrogen-bond donors (Lipinski definition) is 1. The van der Waals surface area contributed by atoms with Crippen LogP contribution >= 0.6 is 11.3 Å². The first-order valence-electron chi connectivity index (χ1n) is 5.40. The second-order valence-corrected chi connectivity index (χ2v) is 4.71. The first-order valence-corrected chi connectivity index (χ1v) is 6.34. The normalized spacial score (nSPS) is 10.7. The van der Waals surface area contributed by atoms with Crippen molar-refractivity contribution >= 4 is 11.3 Å². The summed E-state index contributed by atoms with van der Waals surface area (Å²) in [6, 6.07) is 7.00. The molecule has 0 amide bonds. The van der Waals surface area contributed by atoms with Gasteiger partial charge in [-0.2, -0.15) is 16.3 Å². The zero-order valence-electron chi connectivity index (χ0n) is 9.62. The fourth-order valence-electron chi connectivity index (χ4n) is 1.73. The highest BCUT2D eigenvalue weighted by Gasteiger charge is 2.12. The molecular weight excluding hydrogens is 248 g/mol. The molecule has 0 atom stereocenters. The lowest BCUT2D eigenvalue weighted by molar-refractivity contribution is 0.432. The van der Waals surface area contributed by atoms with E-state index in [-0.39, 0.29) is 5.75 Å². The Morgan fingerprint density at radius 3 is 2.89 bits per heavy atom. The second kappa shape index (κ2) is 4.27. The van der Waals surface area contributed by atoms with Crippen molar-refractivity contribution in [2.24, 2.45) is 0 Å². The molecule has 0 spiro atoms. The Kier molecular flexibility index (Phi) is 2.60. The molecule has 0 radical (unpaired) electrons. The Morgan fingerprint density at radius 2 is 2.17 bits per heavy atom. The number of aromatic nitrogens is 2. The second-order valence-electron chi connectivity index (χ2n) is 3.93. The van der Waals surface area contributed by atoms with Crippen molar-refractivity contribution < 1.29 is 9.63 Å². The predicted molar refractivity (Wildman–Crippen MR) is 69.4 cm³/mol. The number of rotatable bonds is 2. The van der Waals surface area contributed by atoms with Gasteiger partial charge < -0.3 is 9.63 Å². The summed E-state index contributed by atoms with van der Waals surface area (Å²) < 4.78 is 5.26. The highest BCUT2D eigenvalue weighted by Crippen LogP contribution is 2.27. The molecule has 18 heavy (non-hydrogen) atoms. The third kappa shape index (κ3) is 1.89. The highest BCUT2D eigenvalue weighted by atomic mass is 32.1. The van der Waals surface area contributed by atoms with Crippen molar-refractivity contribution in [2.75, 3.05) is 0 Å². The van der Waals surface area contributed by atoms with Gasteiger partial charge in [-0.15, -0.1) is 0 Å². The molecule has 2 heterocycles. The van der Waals surface area contributed by atoms with Gasteiger partial charge in [0.25, 0.3) is 5.89 Å². The van der Waals surface area contributed by atoms with Crippen LogP contribution in [-0.2, 0) is 0 Å². The molecule has 0 aliphatic rings. The lowest BCUT2D eigenvalue weighted by Gasteiger charge is -2.00. The van der Waals surface area contributed by atoms with Crippen LogP contribution < -0.4 is 0 Å². The summed E-state index contributed by atoms with van der Waals surface area (Å²) in [5.41, 5.74) is 2.68. The van der Waals surface area contributed by atoms with E-state index in [1.165, 1.54) is 0 Å². The molecular formula is C13H10N2O2S. The number of benzene rings is 1. The number of hydrogen-bond acceptors (Lipinski definition) is 5. The molecule has 0 saturated carbocycles. The van der Waals surface area contributed by atoms with Gasteiger partial charge in [-0.25, -0.2) is 0 Å². The number of thiophene rings is 1. The van der Waals surface area contributed by atoms with Crippen LogP contribution in [0, 0.1) is 6.92 Å². The van der Waals surface area contributed by atoms with E-state index in [9.17, 15) is 5.11 Å². The van der Waals surface area contributed by atoms with Crippen LogP contribution in [0.15, 0.2) is 39.5 Å². The summed E-state index contributed by atoms with van der Waals surface area (Å²) >= 11 is 1.59. The van der Waals surface area contributed by atoms with Crippen molar-refractivity contribution in [3.63, 3.8) is 0 Å². The standard InChI is InChI=1S/C13H10N2O2S/c1-8-6-10(16)2-3-11(8)13-14-12(15-17-13)9-4-5-18-7-9/h2-7,16H,1H3. The van der Waals surface area contributed by atoms with Gasteiger partial charge in [-0.1, -0.05) is 5.16 Å². The molecule has 3 rings (SSSR count). The molecule has 1 aromatic carbocycles. The van der Waals surface area contributed by atoms with E-state index in [0.29, 0.717) is 11.7 Å². The van der Waals surface area contributed by atoms with E-state index in [4.69, 9.17) is 4.52 Å². The van der Waals surface area contributed by atoms with Gasteiger partial charge in [0, 0.05) is 16.5 Å². The van der Waals surface area contributed by atoms with E-state index >= 15 is 0 Å². The molecule has 0 aliphatic heterocycles. The first-order chi connectivity index (χ1) is 8.74. The summed E-state index contributed by atoms with van der Waals surface area (Å²) in [6.45, 7) is 1.89. The largest absolute Gasteiger partial charge is 0.508 e. The zero-order valence-corrected chi connectivity index (χ0v) is 10.4. The maximum atomic E-state index is 9.37. The quantitative estimate of drug-likeness (QED) is 0.764. The van der Waals surface area contributed by atoms with Gasteiger partial charge in [0.2, 0.25) is 5.82 Å². The number of aromatic hydroxyl groups is 1. The smallest absolute Gasteiger partial charge is 0.258 e. The van der Waals surface area contributed by atoms with Crippen molar-refractivity contribution in [3.8, 4) is 28.6 Å². The fourth-order valence-corrected chi connectivity index (χ4v) is 2.36. The van der Waals surface area contributed by atoms with Crippen molar-refractivity contribution in [1.29, 1.82) is 0 Å². The number of aryl methyl sites for hydroxylation is 1. The third-order valence-electron chi connectivity index (χ3n) is 2.65. The van der Waals surface area contributed by atoms with Gasteiger partial charge in [0.1, 0.15) is 5.75 Å². The maximum absolute atomic E-state index is 9.37. The maximum Gasteiger partial charge on any atom is 0.258 e. The molecule has 4 nitrogen and oxygen atoms in total. The van der Waals surface area contributed by atoms with Crippen LogP contribution in [0.25, 0.3) is 22.8 Å². The molecule has 90 valence electrons. The average Bonchev–Trinajstić information content (AvgIpc) is 2.99. The third-order valence-corrected chi connectivity index (χ3v) is 3.33. The highest BCUT2D eigenvalue weighted by molar-refractivity contribution is 7.08. The molecule has 0 saturated heterocycles. The Labute approximate surface area is 108 Å². The zero-order chi connectivity index (χ0) is 12.5. The summed E-state index contributed by atoms with van der Waals surface area (Å²) in [4.78, 5) is 4.36. The van der Waals surface area contributed by atoms with Crippen LogP contribution in [0.5, 0.6) is 5.75 Å². The molecule has 3 aromatic rings. The van der Waals surface area contributed by atoms with Crippen LogP contribution in [0.4, 0.5) is 0 Å². The molecule has 0 aliphatic carbocycles. The summed E-state index contributed by atoms with van der Waals surface area (Å²) in [7, 11) is 0. The van der Waals surface area contributed by atoms with Crippen LogP contribution in [-0.4, -0.2) is 15.2 Å². The van der Waals surface area contributed by atoms with Crippen molar-refractivity contribution in [2.45, 2.75) is 6.92 Å². The SMILES string of the molecule is Cc1cc(O)ccc1-c1nc(-c2ccsc2)no1. The minimum atomic E-state index is 0.230. The predicted octanol–water partition coefficient (Wildman–Crippen LogP) is 3.48. The van der Waals surface area contributed by atoms with Gasteiger partial charge in [-0.05, 0) is 42.1 Å². The summed E-state index contributed by atoms with van der Waals surface area (Å²) in [6.07, 6.45) is 0. The van der Waals surface area contributed by atoms with E-state index < -0.39 is 0 Å². The van der Waals surface area contributed by atoms with Crippen LogP contribution in [0.1, 0.15) is 5.56 Å². The average molecular weight is 258 g/mol. The fraction of sp³-hybridized carbons (Fsp3) is 0.0769. The van der Waals surface area contributed by atoms with E-state index in [1.807, 2.05) is 23.8 Å².